The number of hydrogen-bond acceptors (Lipinski definition) is 4. The van der Waals surface area contributed by atoms with Crippen LogP contribution in [0.4, 0.5) is 0 Å². The summed E-state index contributed by atoms with van der Waals surface area (Å²) in [6.07, 6.45) is 11.3. The summed E-state index contributed by atoms with van der Waals surface area (Å²) < 4.78 is 5.89. The molecule has 148 valence electrons. The van der Waals surface area contributed by atoms with E-state index in [2.05, 4.69) is 26.8 Å². The van der Waals surface area contributed by atoms with E-state index < -0.39 is 0 Å². The number of ether oxygens (including phenoxy) is 1. The molecule has 0 aromatic heterocycles. The van der Waals surface area contributed by atoms with E-state index in [4.69, 9.17) is 9.84 Å². The van der Waals surface area contributed by atoms with Crippen LogP contribution in [0.25, 0.3) is 0 Å². The van der Waals surface area contributed by atoms with Gasteiger partial charge in [0.25, 0.3) is 0 Å². The Morgan fingerprint density at radius 2 is 2.07 bits per heavy atom. The molecular formula is C23H32O4. The van der Waals surface area contributed by atoms with Crippen LogP contribution in [0.2, 0.25) is 0 Å². The van der Waals surface area contributed by atoms with Crippen LogP contribution < -0.4 is 0 Å². The summed E-state index contributed by atoms with van der Waals surface area (Å²) in [6.45, 7) is 6.70. The fourth-order valence-corrected chi connectivity index (χ4v) is 7.06. The van der Waals surface area contributed by atoms with Crippen molar-refractivity contribution in [1.29, 1.82) is 0 Å². The van der Waals surface area contributed by atoms with Gasteiger partial charge in [-0.3, -0.25) is 9.59 Å². The van der Waals surface area contributed by atoms with Crippen molar-refractivity contribution in [2.45, 2.75) is 65.4 Å². The normalized spacial score (nSPS) is 45.6. The second-order valence-corrected chi connectivity index (χ2v) is 9.75. The highest BCUT2D eigenvalue weighted by atomic mass is 16.5. The van der Waals surface area contributed by atoms with Gasteiger partial charge in [-0.1, -0.05) is 32.4 Å². The molecule has 4 unspecified atom stereocenters. The first-order valence-corrected chi connectivity index (χ1v) is 10.5. The molecule has 0 spiro atoms. The van der Waals surface area contributed by atoms with Crippen LogP contribution in [0, 0.1) is 34.5 Å². The Morgan fingerprint density at radius 1 is 1.30 bits per heavy atom. The Kier molecular flexibility index (Phi) is 4.61. The minimum Gasteiger partial charge on any atom is -0.461 e. The lowest BCUT2D eigenvalue weighted by atomic mass is 9.48. The third kappa shape index (κ3) is 2.83. The van der Waals surface area contributed by atoms with Crippen LogP contribution in [-0.4, -0.2) is 29.6 Å². The van der Waals surface area contributed by atoms with Gasteiger partial charge in [-0.25, -0.2) is 0 Å². The third-order valence-corrected chi connectivity index (χ3v) is 8.36. The average Bonchev–Trinajstić information content (AvgIpc) is 2.87. The monoisotopic (exact) mass is 372 g/mol. The van der Waals surface area contributed by atoms with Crippen LogP contribution in [0.3, 0.4) is 0 Å². The number of aliphatic hydroxyl groups is 1. The number of ketones is 1. The molecule has 4 heteroatoms. The average molecular weight is 373 g/mol. The summed E-state index contributed by atoms with van der Waals surface area (Å²) in [5.74, 6) is 1.96. The molecule has 0 aromatic rings. The first kappa shape index (κ1) is 18.9. The van der Waals surface area contributed by atoms with E-state index in [1.165, 1.54) is 5.57 Å². The predicted molar refractivity (Wildman–Crippen MR) is 103 cm³/mol. The predicted octanol–water partition coefficient (Wildman–Crippen LogP) is 3.83. The smallest absolute Gasteiger partial charge is 0.308 e. The minimum atomic E-state index is -0.270. The maximum absolute atomic E-state index is 12.1. The topological polar surface area (TPSA) is 63.6 Å². The molecule has 4 nitrogen and oxygen atoms in total. The van der Waals surface area contributed by atoms with Gasteiger partial charge < -0.3 is 9.84 Å². The molecule has 0 saturated heterocycles. The highest BCUT2D eigenvalue weighted by Crippen LogP contribution is 2.65. The third-order valence-electron chi connectivity index (χ3n) is 8.36. The van der Waals surface area contributed by atoms with Gasteiger partial charge in [-0.05, 0) is 67.9 Å². The molecular weight excluding hydrogens is 340 g/mol. The lowest BCUT2D eigenvalue weighted by Gasteiger charge is -2.56. The molecule has 0 heterocycles. The van der Waals surface area contributed by atoms with E-state index in [1.807, 2.05) is 6.08 Å². The van der Waals surface area contributed by atoms with Gasteiger partial charge in [0.15, 0.2) is 5.78 Å². The van der Waals surface area contributed by atoms with Gasteiger partial charge in [-0.2, -0.15) is 0 Å². The summed E-state index contributed by atoms with van der Waals surface area (Å²) in [5, 5.41) is 9.05. The van der Waals surface area contributed by atoms with E-state index in [0.717, 1.165) is 32.1 Å². The van der Waals surface area contributed by atoms with E-state index in [0.29, 0.717) is 23.7 Å². The Balaban J connectivity index is 1.60. The Morgan fingerprint density at radius 3 is 2.81 bits per heavy atom. The first-order chi connectivity index (χ1) is 12.8. The second-order valence-electron chi connectivity index (χ2n) is 9.75. The molecule has 0 bridgehead atoms. The van der Waals surface area contributed by atoms with Gasteiger partial charge in [0.05, 0.1) is 13.0 Å². The van der Waals surface area contributed by atoms with Crippen molar-refractivity contribution in [2.75, 3.05) is 6.61 Å². The molecule has 4 aliphatic rings. The molecule has 27 heavy (non-hydrogen) atoms. The van der Waals surface area contributed by atoms with Crippen molar-refractivity contribution in [1.82, 2.24) is 0 Å². The van der Waals surface area contributed by atoms with E-state index in [9.17, 15) is 9.59 Å². The summed E-state index contributed by atoms with van der Waals surface area (Å²) in [6, 6.07) is 0. The van der Waals surface area contributed by atoms with Crippen molar-refractivity contribution in [3.05, 3.63) is 23.8 Å². The standard InChI is InChI=1S/C23H32O4/c1-14-12-19-17-5-4-15-13-16(25)6-9-22(15,2)18(17)7-10-23(19,3)21(14)27-20(26)8-11-24/h6,9,13-14,17-19,21,24H,4-5,7-8,10-12H2,1-3H3/t14?,17?,18?,19?,21-,22+,23+/m1/s1. The molecule has 0 amide bonds. The second kappa shape index (κ2) is 6.58. The fraction of sp³-hybridized carbons (Fsp3) is 0.739. The lowest BCUT2D eigenvalue weighted by Crippen LogP contribution is -2.51. The SMILES string of the molecule is CC1CC2C3CCC4=CC(=O)C=C[C@]4(C)C3CC[C@]2(C)[C@@H]1OC(=O)CCO. The van der Waals surface area contributed by atoms with Gasteiger partial charge in [0, 0.05) is 10.8 Å². The Hall–Kier alpha value is -1.42. The quantitative estimate of drug-likeness (QED) is 0.765. The van der Waals surface area contributed by atoms with Crippen LogP contribution in [0.15, 0.2) is 23.8 Å². The maximum Gasteiger partial charge on any atom is 0.308 e. The van der Waals surface area contributed by atoms with Gasteiger partial charge in [0.1, 0.15) is 6.10 Å². The maximum atomic E-state index is 12.1. The van der Waals surface area contributed by atoms with Crippen LogP contribution in [0.5, 0.6) is 0 Å². The van der Waals surface area contributed by atoms with Crippen molar-refractivity contribution in [3.8, 4) is 0 Å². The summed E-state index contributed by atoms with van der Waals surface area (Å²) in [5.41, 5.74) is 1.35. The molecule has 0 aliphatic heterocycles. The number of aliphatic hydroxyl groups excluding tert-OH is 1. The zero-order valence-corrected chi connectivity index (χ0v) is 16.7. The Bertz CT molecular complexity index is 707. The summed E-state index contributed by atoms with van der Waals surface area (Å²) >= 11 is 0. The highest BCUT2D eigenvalue weighted by Gasteiger charge is 2.61. The first-order valence-electron chi connectivity index (χ1n) is 10.5. The van der Waals surface area contributed by atoms with Crippen LogP contribution in [0.1, 0.15) is 59.3 Å². The molecule has 0 radical (unpaired) electrons. The van der Waals surface area contributed by atoms with Crippen molar-refractivity contribution in [2.24, 2.45) is 34.5 Å². The zero-order chi connectivity index (χ0) is 19.4. The van der Waals surface area contributed by atoms with E-state index >= 15 is 0 Å². The molecule has 1 N–H and O–H groups in total. The number of carbonyl (C=O) groups is 2. The Labute approximate surface area is 162 Å². The fourth-order valence-electron chi connectivity index (χ4n) is 7.06. The van der Waals surface area contributed by atoms with Gasteiger partial charge in [-0.15, -0.1) is 0 Å². The van der Waals surface area contributed by atoms with E-state index in [1.54, 1.807) is 6.08 Å². The highest BCUT2D eigenvalue weighted by molar-refractivity contribution is 6.01. The zero-order valence-electron chi connectivity index (χ0n) is 16.7. The molecule has 3 saturated carbocycles. The number of rotatable bonds is 3. The van der Waals surface area contributed by atoms with Crippen LogP contribution in [-0.2, 0) is 14.3 Å². The van der Waals surface area contributed by atoms with Gasteiger partial charge >= 0.3 is 5.97 Å². The number of carbonyl (C=O) groups excluding carboxylic acids is 2. The summed E-state index contributed by atoms with van der Waals surface area (Å²) in [7, 11) is 0. The number of hydrogen-bond donors (Lipinski definition) is 1. The van der Waals surface area contributed by atoms with Crippen molar-refractivity contribution in [3.63, 3.8) is 0 Å². The lowest BCUT2D eigenvalue weighted by molar-refractivity contribution is -0.162. The summed E-state index contributed by atoms with van der Waals surface area (Å²) in [4.78, 5) is 23.9. The molecule has 4 aliphatic carbocycles. The molecule has 4 rings (SSSR count). The molecule has 3 fully saturated rings. The number of esters is 1. The molecule has 0 aromatic carbocycles. The molecule has 7 atom stereocenters. The number of fused-ring (bicyclic) bond motifs is 5. The van der Waals surface area contributed by atoms with Crippen molar-refractivity contribution >= 4 is 11.8 Å². The van der Waals surface area contributed by atoms with Gasteiger partial charge in [0.2, 0.25) is 0 Å². The largest absolute Gasteiger partial charge is 0.461 e. The van der Waals surface area contributed by atoms with E-state index in [-0.39, 0.29) is 41.7 Å². The van der Waals surface area contributed by atoms with Crippen molar-refractivity contribution < 1.29 is 19.4 Å². The number of allylic oxidation sites excluding steroid dienone is 4. The minimum absolute atomic E-state index is 0.00699. The van der Waals surface area contributed by atoms with Crippen LogP contribution >= 0.6 is 0 Å².